The Hall–Kier alpha value is -3.49. The molecule has 2 aromatic carbocycles. The maximum Gasteiger partial charge on any atom is 0.269 e. The van der Waals surface area contributed by atoms with E-state index in [0.29, 0.717) is 22.8 Å². The van der Waals surface area contributed by atoms with Gasteiger partial charge in [-0.2, -0.15) is 5.11 Å². The standard InChI is InChI=1S/C17H17N5O4/c1-11(23)18-14-9-16(21-7-8-21)17(26-2)10-15(14)20-19-12-3-5-13(6-4-12)22(24)25/h3-6,9-10H,7-8H2,1-2H3,(H,18,23). The van der Waals surface area contributed by atoms with Gasteiger partial charge in [-0.15, -0.1) is 5.11 Å². The van der Waals surface area contributed by atoms with E-state index in [-0.39, 0.29) is 11.6 Å². The van der Waals surface area contributed by atoms with Gasteiger partial charge in [0, 0.05) is 38.2 Å². The number of azo groups is 1. The molecule has 0 aromatic heterocycles. The smallest absolute Gasteiger partial charge is 0.269 e. The molecule has 0 spiro atoms. The summed E-state index contributed by atoms with van der Waals surface area (Å²) in [4.78, 5) is 23.8. The van der Waals surface area contributed by atoms with Crippen molar-refractivity contribution in [3.8, 4) is 5.75 Å². The van der Waals surface area contributed by atoms with Crippen molar-refractivity contribution in [2.75, 3.05) is 30.4 Å². The first-order chi connectivity index (χ1) is 12.5. The molecule has 1 heterocycles. The van der Waals surface area contributed by atoms with Gasteiger partial charge in [-0.3, -0.25) is 14.9 Å². The zero-order valence-electron chi connectivity index (χ0n) is 14.3. The molecule has 1 aliphatic heterocycles. The van der Waals surface area contributed by atoms with Crippen molar-refractivity contribution in [2.24, 2.45) is 10.2 Å². The van der Waals surface area contributed by atoms with Crippen LogP contribution in [0.4, 0.5) is 28.4 Å². The van der Waals surface area contributed by atoms with E-state index in [1.807, 2.05) is 0 Å². The molecular formula is C17H17N5O4. The van der Waals surface area contributed by atoms with Gasteiger partial charge in [0.15, 0.2) is 0 Å². The van der Waals surface area contributed by atoms with Crippen LogP contribution in [0.25, 0.3) is 0 Å². The maximum absolute atomic E-state index is 11.5. The summed E-state index contributed by atoms with van der Waals surface area (Å²) in [6.45, 7) is 3.28. The third kappa shape index (κ3) is 3.94. The van der Waals surface area contributed by atoms with Crippen molar-refractivity contribution in [1.29, 1.82) is 0 Å². The van der Waals surface area contributed by atoms with Gasteiger partial charge in [0.05, 0.1) is 29.1 Å². The fraction of sp³-hybridized carbons (Fsp3) is 0.235. The van der Waals surface area contributed by atoms with Crippen LogP contribution in [0.5, 0.6) is 5.75 Å². The predicted molar refractivity (Wildman–Crippen MR) is 96.8 cm³/mol. The Morgan fingerprint density at radius 3 is 2.46 bits per heavy atom. The molecule has 2 aromatic rings. The molecule has 1 amide bonds. The Balaban J connectivity index is 1.93. The number of amides is 1. The molecule has 0 saturated carbocycles. The minimum absolute atomic E-state index is 0.0209. The Labute approximate surface area is 149 Å². The summed E-state index contributed by atoms with van der Waals surface area (Å²) in [5.74, 6) is 0.410. The number of nitrogens with one attached hydrogen (secondary N) is 1. The molecule has 1 N–H and O–H groups in total. The number of nitrogens with zero attached hydrogens (tertiary/aromatic N) is 4. The number of rotatable bonds is 6. The summed E-state index contributed by atoms with van der Waals surface area (Å²) in [7, 11) is 1.57. The molecule has 0 bridgehead atoms. The number of nitro groups is 1. The quantitative estimate of drug-likeness (QED) is 0.367. The minimum atomic E-state index is -0.480. The summed E-state index contributed by atoms with van der Waals surface area (Å²) < 4.78 is 5.41. The second kappa shape index (κ2) is 7.18. The van der Waals surface area contributed by atoms with Crippen molar-refractivity contribution < 1.29 is 14.5 Å². The summed E-state index contributed by atoms with van der Waals surface area (Å²) in [6, 6.07) is 9.22. The van der Waals surface area contributed by atoms with Crippen molar-refractivity contribution in [1.82, 2.24) is 0 Å². The second-order valence-corrected chi connectivity index (χ2v) is 5.68. The summed E-state index contributed by atoms with van der Waals surface area (Å²) in [6.07, 6.45) is 0. The van der Waals surface area contributed by atoms with Crippen LogP contribution in [0.15, 0.2) is 46.6 Å². The van der Waals surface area contributed by atoms with Crippen LogP contribution >= 0.6 is 0 Å². The lowest BCUT2D eigenvalue weighted by molar-refractivity contribution is -0.384. The molecule has 0 aliphatic carbocycles. The Morgan fingerprint density at radius 2 is 1.92 bits per heavy atom. The second-order valence-electron chi connectivity index (χ2n) is 5.68. The average molecular weight is 355 g/mol. The van der Waals surface area contributed by atoms with Gasteiger partial charge in [-0.25, -0.2) is 0 Å². The number of benzene rings is 2. The van der Waals surface area contributed by atoms with E-state index in [2.05, 4.69) is 20.4 Å². The van der Waals surface area contributed by atoms with E-state index in [9.17, 15) is 14.9 Å². The van der Waals surface area contributed by atoms with E-state index in [1.54, 1.807) is 19.2 Å². The first-order valence-corrected chi connectivity index (χ1v) is 7.88. The lowest BCUT2D eigenvalue weighted by Crippen LogP contribution is -2.07. The van der Waals surface area contributed by atoms with Crippen molar-refractivity contribution in [2.45, 2.75) is 6.92 Å². The van der Waals surface area contributed by atoms with Crippen molar-refractivity contribution in [3.63, 3.8) is 0 Å². The molecule has 1 fully saturated rings. The molecule has 26 heavy (non-hydrogen) atoms. The van der Waals surface area contributed by atoms with E-state index >= 15 is 0 Å². The highest BCUT2D eigenvalue weighted by Crippen LogP contribution is 2.41. The van der Waals surface area contributed by atoms with Crippen LogP contribution < -0.4 is 15.0 Å². The lowest BCUT2D eigenvalue weighted by Gasteiger charge is -2.14. The zero-order valence-corrected chi connectivity index (χ0v) is 14.3. The van der Waals surface area contributed by atoms with E-state index < -0.39 is 4.92 Å². The molecule has 9 heteroatoms. The van der Waals surface area contributed by atoms with Gasteiger partial charge in [-0.1, -0.05) is 0 Å². The number of non-ortho nitro benzene ring substituents is 1. The number of carbonyl (C=O) groups excluding carboxylic acids is 1. The molecule has 1 saturated heterocycles. The molecule has 134 valence electrons. The van der Waals surface area contributed by atoms with E-state index in [1.165, 1.54) is 31.2 Å². The highest BCUT2D eigenvalue weighted by molar-refractivity contribution is 5.94. The predicted octanol–water partition coefficient (Wildman–Crippen LogP) is 3.80. The number of anilines is 2. The Kier molecular flexibility index (Phi) is 4.78. The van der Waals surface area contributed by atoms with Gasteiger partial charge in [0.2, 0.25) is 5.91 Å². The van der Waals surface area contributed by atoms with Crippen LogP contribution in [-0.4, -0.2) is 31.0 Å². The van der Waals surface area contributed by atoms with Gasteiger partial charge in [0.1, 0.15) is 11.4 Å². The molecule has 0 atom stereocenters. The van der Waals surface area contributed by atoms with Crippen LogP contribution in [-0.2, 0) is 4.79 Å². The van der Waals surface area contributed by atoms with Gasteiger partial charge < -0.3 is 15.0 Å². The molecule has 9 nitrogen and oxygen atoms in total. The summed E-state index contributed by atoms with van der Waals surface area (Å²) >= 11 is 0. The number of nitro benzene ring substituents is 1. The Morgan fingerprint density at radius 1 is 1.23 bits per heavy atom. The normalized spacial score (nSPS) is 12.9. The highest BCUT2D eigenvalue weighted by atomic mass is 16.6. The van der Waals surface area contributed by atoms with Crippen LogP contribution in [0.2, 0.25) is 0 Å². The molecule has 3 rings (SSSR count). The first kappa shape index (κ1) is 17.3. The summed E-state index contributed by atoms with van der Waals surface area (Å²) in [5, 5.41) is 21.7. The van der Waals surface area contributed by atoms with E-state index in [4.69, 9.17) is 4.74 Å². The fourth-order valence-electron chi connectivity index (χ4n) is 2.38. The van der Waals surface area contributed by atoms with Crippen LogP contribution in [0, 0.1) is 10.1 Å². The topological polar surface area (TPSA) is 109 Å². The number of ether oxygens (including phenoxy) is 1. The molecule has 0 radical (unpaired) electrons. The lowest BCUT2D eigenvalue weighted by atomic mass is 10.2. The fourth-order valence-corrected chi connectivity index (χ4v) is 2.38. The van der Waals surface area contributed by atoms with Gasteiger partial charge in [-0.05, 0) is 18.2 Å². The van der Waals surface area contributed by atoms with Crippen LogP contribution in [0.1, 0.15) is 6.92 Å². The monoisotopic (exact) mass is 355 g/mol. The Bertz CT molecular complexity index is 875. The molecule has 0 unspecified atom stereocenters. The number of methoxy groups -OCH3 is 1. The molecular weight excluding hydrogens is 338 g/mol. The summed E-state index contributed by atoms with van der Waals surface area (Å²) in [5.41, 5.74) is 2.27. The highest BCUT2D eigenvalue weighted by Gasteiger charge is 2.24. The van der Waals surface area contributed by atoms with Gasteiger partial charge in [0.25, 0.3) is 5.69 Å². The maximum atomic E-state index is 11.5. The number of hydrogen-bond donors (Lipinski definition) is 1. The SMILES string of the molecule is COc1cc(N=Nc2ccc([N+](=O)[O-])cc2)c(NC(C)=O)cc1N1CC1. The largest absolute Gasteiger partial charge is 0.494 e. The third-order valence-corrected chi connectivity index (χ3v) is 3.73. The number of carbonyl (C=O) groups is 1. The van der Waals surface area contributed by atoms with Crippen molar-refractivity contribution in [3.05, 3.63) is 46.5 Å². The van der Waals surface area contributed by atoms with Gasteiger partial charge >= 0.3 is 0 Å². The minimum Gasteiger partial charge on any atom is -0.494 e. The zero-order chi connectivity index (χ0) is 18.7. The van der Waals surface area contributed by atoms with E-state index in [0.717, 1.165) is 18.8 Å². The molecule has 1 aliphatic rings. The van der Waals surface area contributed by atoms with Crippen molar-refractivity contribution >= 4 is 34.3 Å². The number of hydrogen-bond acceptors (Lipinski definition) is 7. The van der Waals surface area contributed by atoms with Crippen LogP contribution in [0.3, 0.4) is 0 Å². The third-order valence-electron chi connectivity index (χ3n) is 3.73. The first-order valence-electron chi connectivity index (χ1n) is 7.88. The average Bonchev–Trinajstić information content (AvgIpc) is 3.45.